The minimum Gasteiger partial charge on any atom is -0.322 e. The highest BCUT2D eigenvalue weighted by atomic mass is 15.1. The van der Waals surface area contributed by atoms with E-state index in [2.05, 4.69) is 52.9 Å². The minimum absolute atomic E-state index is 0.435. The summed E-state index contributed by atoms with van der Waals surface area (Å²) in [5.41, 5.74) is 5.82. The molecule has 0 radical (unpaired) electrons. The Morgan fingerprint density at radius 1 is 1.21 bits per heavy atom. The van der Waals surface area contributed by atoms with Gasteiger partial charge in [0.25, 0.3) is 0 Å². The standard InChI is InChI=1S/C21H21N3/c1-23(20-11-6-8-16-7-2-3-9-18(16)20)14-17-15-24-12-5-4-10-21(24)19(17)13-22/h2-5,7,9-10,12,15,20H,6,8,11,14H2,1H3/t20-/m0/s1. The molecule has 0 saturated heterocycles. The molecule has 0 saturated carbocycles. The molecule has 3 aromatic rings. The Bertz CT molecular complexity index is 916. The fraction of sp³-hybridized carbons (Fsp3) is 0.286. The lowest BCUT2D eigenvalue weighted by Crippen LogP contribution is -2.27. The van der Waals surface area contributed by atoms with Crippen molar-refractivity contribution >= 4 is 5.52 Å². The fourth-order valence-electron chi connectivity index (χ4n) is 3.99. The van der Waals surface area contributed by atoms with E-state index in [-0.39, 0.29) is 0 Å². The Morgan fingerprint density at radius 2 is 2.04 bits per heavy atom. The molecule has 0 spiro atoms. The zero-order chi connectivity index (χ0) is 16.5. The third kappa shape index (κ3) is 2.50. The van der Waals surface area contributed by atoms with Gasteiger partial charge in [-0.3, -0.25) is 4.90 Å². The lowest BCUT2D eigenvalue weighted by atomic mass is 9.87. The molecule has 1 aliphatic rings. The number of hydrogen-bond acceptors (Lipinski definition) is 2. The number of nitrogens with zero attached hydrogens (tertiary/aromatic N) is 3. The number of rotatable bonds is 3. The summed E-state index contributed by atoms with van der Waals surface area (Å²) in [6, 6.07) is 17.6. The highest BCUT2D eigenvalue weighted by Gasteiger charge is 2.24. The van der Waals surface area contributed by atoms with E-state index in [1.165, 1.54) is 30.4 Å². The van der Waals surface area contributed by atoms with Crippen LogP contribution in [0, 0.1) is 11.3 Å². The number of aryl methyl sites for hydroxylation is 1. The average molecular weight is 315 g/mol. The van der Waals surface area contributed by atoms with Crippen molar-refractivity contribution < 1.29 is 0 Å². The van der Waals surface area contributed by atoms with E-state index in [1.54, 1.807) is 0 Å². The van der Waals surface area contributed by atoms with Crippen LogP contribution >= 0.6 is 0 Å². The molecule has 0 N–H and O–H groups in total. The van der Waals surface area contributed by atoms with Crippen LogP contribution in [0.1, 0.15) is 41.1 Å². The molecule has 0 unspecified atom stereocenters. The third-order valence-electron chi connectivity index (χ3n) is 5.16. The summed E-state index contributed by atoms with van der Waals surface area (Å²) in [4.78, 5) is 2.40. The first-order valence-electron chi connectivity index (χ1n) is 8.54. The summed E-state index contributed by atoms with van der Waals surface area (Å²) in [6.07, 6.45) is 7.70. The highest BCUT2D eigenvalue weighted by Crippen LogP contribution is 2.34. The Labute approximate surface area is 142 Å². The van der Waals surface area contributed by atoms with Gasteiger partial charge in [0.2, 0.25) is 0 Å². The van der Waals surface area contributed by atoms with E-state index in [1.807, 2.05) is 24.4 Å². The number of fused-ring (bicyclic) bond motifs is 2. The van der Waals surface area contributed by atoms with Gasteiger partial charge in [0.05, 0.1) is 11.1 Å². The predicted molar refractivity (Wildman–Crippen MR) is 95.7 cm³/mol. The van der Waals surface area contributed by atoms with Gasteiger partial charge in [-0.25, -0.2) is 0 Å². The number of nitriles is 1. The van der Waals surface area contributed by atoms with Crippen LogP contribution in [0.15, 0.2) is 54.9 Å². The minimum atomic E-state index is 0.435. The molecule has 4 rings (SSSR count). The van der Waals surface area contributed by atoms with Crippen molar-refractivity contribution in [1.29, 1.82) is 5.26 Å². The van der Waals surface area contributed by atoms with Crippen molar-refractivity contribution in [3.63, 3.8) is 0 Å². The van der Waals surface area contributed by atoms with Gasteiger partial charge in [0, 0.05) is 30.5 Å². The predicted octanol–water partition coefficient (Wildman–Crippen LogP) is 4.32. The molecule has 120 valence electrons. The van der Waals surface area contributed by atoms with Crippen LogP contribution < -0.4 is 0 Å². The summed E-state index contributed by atoms with van der Waals surface area (Å²) in [7, 11) is 2.18. The highest BCUT2D eigenvalue weighted by molar-refractivity contribution is 5.65. The second-order valence-corrected chi connectivity index (χ2v) is 6.66. The van der Waals surface area contributed by atoms with Crippen molar-refractivity contribution in [3.05, 3.63) is 77.1 Å². The second kappa shape index (κ2) is 6.14. The largest absolute Gasteiger partial charge is 0.322 e. The monoisotopic (exact) mass is 315 g/mol. The third-order valence-corrected chi connectivity index (χ3v) is 5.16. The first-order valence-corrected chi connectivity index (χ1v) is 8.54. The number of pyridine rings is 1. The number of hydrogen-bond donors (Lipinski definition) is 0. The Morgan fingerprint density at radius 3 is 2.92 bits per heavy atom. The molecule has 0 amide bonds. The lowest BCUT2D eigenvalue weighted by Gasteiger charge is -2.33. The van der Waals surface area contributed by atoms with Crippen molar-refractivity contribution in [2.45, 2.75) is 31.8 Å². The molecule has 0 aliphatic heterocycles. The maximum absolute atomic E-state index is 9.60. The van der Waals surface area contributed by atoms with Crippen molar-refractivity contribution in [3.8, 4) is 6.07 Å². The summed E-state index contributed by atoms with van der Waals surface area (Å²) >= 11 is 0. The van der Waals surface area contributed by atoms with Crippen LogP contribution in [0.25, 0.3) is 5.52 Å². The van der Waals surface area contributed by atoms with Gasteiger partial charge in [-0.1, -0.05) is 30.3 Å². The number of benzene rings is 1. The maximum Gasteiger partial charge on any atom is 0.102 e. The SMILES string of the molecule is CN(Cc1cn2ccccc2c1C#N)[C@H]1CCCc2ccccc21. The molecular weight excluding hydrogens is 294 g/mol. The quantitative estimate of drug-likeness (QED) is 0.721. The van der Waals surface area contributed by atoms with Gasteiger partial charge in [-0.2, -0.15) is 5.26 Å². The van der Waals surface area contributed by atoms with Crippen LogP contribution in [-0.2, 0) is 13.0 Å². The number of aromatic nitrogens is 1. The molecule has 1 atom stereocenters. The first-order chi connectivity index (χ1) is 11.8. The smallest absolute Gasteiger partial charge is 0.102 e. The van der Waals surface area contributed by atoms with Crippen LogP contribution in [0.2, 0.25) is 0 Å². The zero-order valence-electron chi connectivity index (χ0n) is 13.9. The van der Waals surface area contributed by atoms with Crippen molar-refractivity contribution in [2.24, 2.45) is 0 Å². The molecule has 24 heavy (non-hydrogen) atoms. The fourth-order valence-corrected chi connectivity index (χ4v) is 3.99. The zero-order valence-corrected chi connectivity index (χ0v) is 13.9. The van der Waals surface area contributed by atoms with E-state index in [0.717, 1.165) is 23.2 Å². The second-order valence-electron chi connectivity index (χ2n) is 6.66. The molecule has 1 aromatic carbocycles. The van der Waals surface area contributed by atoms with Crippen LogP contribution in [0.4, 0.5) is 0 Å². The lowest BCUT2D eigenvalue weighted by molar-refractivity contribution is 0.213. The molecule has 1 aliphatic carbocycles. The topological polar surface area (TPSA) is 31.4 Å². The Hall–Kier alpha value is -2.57. The summed E-state index contributed by atoms with van der Waals surface area (Å²) in [5.74, 6) is 0. The van der Waals surface area contributed by atoms with Gasteiger partial charge in [0.1, 0.15) is 6.07 Å². The summed E-state index contributed by atoms with van der Waals surface area (Å²) in [5, 5.41) is 9.60. The van der Waals surface area contributed by atoms with E-state index in [9.17, 15) is 5.26 Å². The maximum atomic E-state index is 9.60. The van der Waals surface area contributed by atoms with Crippen molar-refractivity contribution in [1.82, 2.24) is 9.30 Å². The first kappa shape index (κ1) is 15.0. The Kier molecular flexibility index (Phi) is 3.84. The van der Waals surface area contributed by atoms with E-state index >= 15 is 0 Å². The molecule has 3 heteroatoms. The molecule has 2 aromatic heterocycles. The van der Waals surface area contributed by atoms with Crippen LogP contribution in [0.3, 0.4) is 0 Å². The van der Waals surface area contributed by atoms with E-state index in [4.69, 9.17) is 0 Å². The molecular formula is C21H21N3. The van der Waals surface area contributed by atoms with Gasteiger partial charge in [0.15, 0.2) is 0 Å². The van der Waals surface area contributed by atoms with E-state index in [0.29, 0.717) is 6.04 Å². The van der Waals surface area contributed by atoms with Gasteiger partial charge < -0.3 is 4.40 Å². The summed E-state index contributed by atoms with van der Waals surface area (Å²) < 4.78 is 2.05. The van der Waals surface area contributed by atoms with Gasteiger partial charge in [-0.15, -0.1) is 0 Å². The van der Waals surface area contributed by atoms with Crippen molar-refractivity contribution in [2.75, 3.05) is 7.05 Å². The van der Waals surface area contributed by atoms with Crippen LogP contribution in [0.5, 0.6) is 0 Å². The van der Waals surface area contributed by atoms with Gasteiger partial charge in [-0.05, 0) is 49.6 Å². The average Bonchev–Trinajstić information content (AvgIpc) is 2.98. The Balaban J connectivity index is 1.66. The normalized spacial score (nSPS) is 17.0. The molecule has 2 heterocycles. The summed E-state index contributed by atoms with van der Waals surface area (Å²) in [6.45, 7) is 0.795. The molecule has 0 bridgehead atoms. The molecule has 3 nitrogen and oxygen atoms in total. The molecule has 0 fully saturated rings. The van der Waals surface area contributed by atoms with Gasteiger partial charge >= 0.3 is 0 Å². The van der Waals surface area contributed by atoms with E-state index < -0.39 is 0 Å². The van der Waals surface area contributed by atoms with Crippen LogP contribution in [-0.4, -0.2) is 16.3 Å².